The fraction of sp³-hybridized carbons (Fsp3) is 0. The number of hydrogen-bond donors (Lipinski definition) is 1. The minimum atomic E-state index is -4.46. The monoisotopic (exact) mass is 341 g/mol. The average Bonchev–Trinajstić information content (AvgIpc) is 2.16. The Labute approximate surface area is 150 Å². The van der Waals surface area contributed by atoms with E-state index in [4.69, 9.17) is 4.55 Å². The SMILES string of the molecule is O=S(=O)(O)Oc1ccc2cc(Br)ccc2c1.[K]. The fourth-order valence-electron chi connectivity index (χ4n) is 1.37. The summed E-state index contributed by atoms with van der Waals surface area (Å²) in [5.74, 6) is 0.0809. The second kappa shape index (κ2) is 6.11. The third-order valence-corrected chi connectivity index (χ3v) is 2.87. The second-order valence-corrected chi connectivity index (χ2v) is 5.10. The van der Waals surface area contributed by atoms with Crippen LogP contribution in [0.5, 0.6) is 5.75 Å². The normalized spacial score (nSPS) is 10.9. The standard InChI is InChI=1S/C10H7BrO4S.K/c11-9-3-1-8-6-10(15-16(12,13)14)4-2-7(8)5-9;/h1-6H,(H,12,13,14);. The Hall–Kier alpha value is 0.526. The third kappa shape index (κ3) is 4.60. The summed E-state index contributed by atoms with van der Waals surface area (Å²) >= 11 is 3.33. The van der Waals surface area contributed by atoms with Crippen molar-refractivity contribution in [2.24, 2.45) is 0 Å². The van der Waals surface area contributed by atoms with Gasteiger partial charge < -0.3 is 4.18 Å². The first-order valence-corrected chi connectivity index (χ1v) is 6.46. The maximum absolute atomic E-state index is 10.5. The first-order valence-electron chi connectivity index (χ1n) is 4.30. The van der Waals surface area contributed by atoms with Crippen LogP contribution in [0.2, 0.25) is 0 Å². The van der Waals surface area contributed by atoms with Crippen molar-refractivity contribution in [1.29, 1.82) is 0 Å². The molecule has 2 rings (SSSR count). The Morgan fingerprint density at radius 3 is 2.29 bits per heavy atom. The molecule has 1 N–H and O–H groups in total. The van der Waals surface area contributed by atoms with E-state index in [-0.39, 0.29) is 57.1 Å². The third-order valence-electron chi connectivity index (χ3n) is 1.98. The van der Waals surface area contributed by atoms with Gasteiger partial charge in [-0.1, -0.05) is 28.1 Å². The van der Waals surface area contributed by atoms with Crippen molar-refractivity contribution in [2.45, 2.75) is 0 Å². The average molecular weight is 342 g/mol. The van der Waals surface area contributed by atoms with Crippen LogP contribution in [0.3, 0.4) is 0 Å². The number of fused-ring (bicyclic) bond motifs is 1. The summed E-state index contributed by atoms with van der Waals surface area (Å²) < 4.78 is 34.9. The van der Waals surface area contributed by atoms with Gasteiger partial charge in [-0.3, -0.25) is 4.55 Å². The van der Waals surface area contributed by atoms with Crippen molar-refractivity contribution < 1.29 is 17.2 Å². The number of rotatable bonds is 2. The van der Waals surface area contributed by atoms with E-state index >= 15 is 0 Å². The van der Waals surface area contributed by atoms with Crippen LogP contribution in [0, 0.1) is 0 Å². The second-order valence-electron chi connectivity index (χ2n) is 3.16. The molecule has 0 amide bonds. The summed E-state index contributed by atoms with van der Waals surface area (Å²) in [4.78, 5) is 0. The van der Waals surface area contributed by atoms with Gasteiger partial charge in [-0.15, -0.1) is 0 Å². The maximum atomic E-state index is 10.5. The summed E-state index contributed by atoms with van der Waals surface area (Å²) in [5, 5.41) is 1.77. The number of hydrogen-bond acceptors (Lipinski definition) is 3. The minimum absolute atomic E-state index is 0. The van der Waals surface area contributed by atoms with Crippen molar-refractivity contribution in [1.82, 2.24) is 0 Å². The summed E-state index contributed by atoms with van der Waals surface area (Å²) in [6.45, 7) is 0. The van der Waals surface area contributed by atoms with E-state index in [0.717, 1.165) is 15.2 Å². The van der Waals surface area contributed by atoms with Crippen molar-refractivity contribution in [3.8, 4) is 5.75 Å². The van der Waals surface area contributed by atoms with Crippen LogP contribution in [-0.4, -0.2) is 64.4 Å². The molecule has 0 atom stereocenters. The molecule has 0 heterocycles. The molecule has 0 saturated heterocycles. The van der Waals surface area contributed by atoms with Gasteiger partial charge in [0.2, 0.25) is 0 Å². The van der Waals surface area contributed by atoms with Crippen molar-refractivity contribution in [3.05, 3.63) is 40.9 Å². The van der Waals surface area contributed by atoms with E-state index in [2.05, 4.69) is 20.1 Å². The molecule has 1 radical (unpaired) electrons. The van der Waals surface area contributed by atoms with Crippen molar-refractivity contribution in [3.63, 3.8) is 0 Å². The molecule has 85 valence electrons. The van der Waals surface area contributed by atoms with Gasteiger partial charge >= 0.3 is 10.4 Å². The van der Waals surface area contributed by atoms with Crippen molar-refractivity contribution in [2.75, 3.05) is 0 Å². The molecule has 0 unspecified atom stereocenters. The number of halogens is 1. The zero-order valence-electron chi connectivity index (χ0n) is 8.92. The quantitative estimate of drug-likeness (QED) is 0.672. The molecule has 7 heteroatoms. The predicted molar refractivity (Wildman–Crippen MR) is 69.6 cm³/mol. The molecule has 0 spiro atoms. The molecule has 0 aliphatic carbocycles. The van der Waals surface area contributed by atoms with Gasteiger partial charge in [-0.2, -0.15) is 8.42 Å². The first-order chi connectivity index (χ1) is 7.44. The molecule has 2 aromatic rings. The Morgan fingerprint density at radius 1 is 1.06 bits per heavy atom. The van der Waals surface area contributed by atoms with Gasteiger partial charge in [0, 0.05) is 55.9 Å². The predicted octanol–water partition coefficient (Wildman–Crippen LogP) is 2.40. The summed E-state index contributed by atoms with van der Waals surface area (Å²) in [6.07, 6.45) is 0. The van der Waals surface area contributed by atoms with E-state index in [1.54, 1.807) is 6.07 Å². The molecule has 4 nitrogen and oxygen atoms in total. The molecule has 0 aromatic heterocycles. The first kappa shape index (κ1) is 15.6. The van der Waals surface area contributed by atoms with Gasteiger partial charge in [0.05, 0.1) is 0 Å². The molecule has 0 bridgehead atoms. The van der Waals surface area contributed by atoms with Crippen LogP contribution in [0.4, 0.5) is 0 Å². The minimum Gasteiger partial charge on any atom is -0.362 e. The molecular formula is C10H7BrKO4S. The topological polar surface area (TPSA) is 63.6 Å². The van der Waals surface area contributed by atoms with Crippen LogP contribution >= 0.6 is 15.9 Å². The van der Waals surface area contributed by atoms with Crippen LogP contribution in [-0.2, 0) is 10.4 Å². The summed E-state index contributed by atoms with van der Waals surface area (Å²) in [6, 6.07) is 10.3. The van der Waals surface area contributed by atoms with Gasteiger partial charge in [0.1, 0.15) is 5.75 Å². The Balaban J connectivity index is 0.00000144. The van der Waals surface area contributed by atoms with Crippen LogP contribution < -0.4 is 4.18 Å². The van der Waals surface area contributed by atoms with Gasteiger partial charge in [-0.25, -0.2) is 0 Å². The van der Waals surface area contributed by atoms with E-state index < -0.39 is 10.4 Å². The fourth-order valence-corrected chi connectivity index (χ4v) is 2.09. The van der Waals surface area contributed by atoms with E-state index in [1.165, 1.54) is 12.1 Å². The zero-order chi connectivity index (χ0) is 11.8. The molecular weight excluding hydrogens is 335 g/mol. The van der Waals surface area contributed by atoms with Crippen LogP contribution in [0.1, 0.15) is 0 Å². The maximum Gasteiger partial charge on any atom is 0.446 e. The number of benzene rings is 2. The molecule has 0 saturated carbocycles. The smallest absolute Gasteiger partial charge is 0.362 e. The van der Waals surface area contributed by atoms with Gasteiger partial charge in [0.15, 0.2) is 0 Å². The van der Waals surface area contributed by atoms with E-state index in [0.29, 0.717) is 0 Å². The Kier molecular flexibility index (Phi) is 5.60. The molecule has 0 aliphatic rings. The summed E-state index contributed by atoms with van der Waals surface area (Å²) in [7, 11) is -4.46. The largest absolute Gasteiger partial charge is 0.446 e. The van der Waals surface area contributed by atoms with Crippen molar-refractivity contribution >= 4 is 88.5 Å². The molecule has 0 aliphatic heterocycles. The van der Waals surface area contributed by atoms with Crippen LogP contribution in [0.15, 0.2) is 40.9 Å². The van der Waals surface area contributed by atoms with E-state index in [1.807, 2.05) is 18.2 Å². The molecule has 17 heavy (non-hydrogen) atoms. The van der Waals surface area contributed by atoms with Gasteiger partial charge in [0.25, 0.3) is 0 Å². The Bertz CT molecular complexity index is 642. The molecule has 2 aromatic carbocycles. The van der Waals surface area contributed by atoms with Crippen LogP contribution in [0.25, 0.3) is 10.8 Å². The van der Waals surface area contributed by atoms with Gasteiger partial charge in [-0.05, 0) is 35.0 Å². The zero-order valence-corrected chi connectivity index (χ0v) is 14.4. The summed E-state index contributed by atoms with van der Waals surface area (Å²) in [5.41, 5.74) is 0. The Morgan fingerprint density at radius 2 is 1.65 bits per heavy atom. The van der Waals surface area contributed by atoms with E-state index in [9.17, 15) is 8.42 Å². The molecule has 0 fully saturated rings.